The summed E-state index contributed by atoms with van der Waals surface area (Å²) in [5.74, 6) is 1.87. The molecule has 8 rings (SSSR count). The second kappa shape index (κ2) is 13.2. The topological polar surface area (TPSA) is 125 Å². The van der Waals surface area contributed by atoms with E-state index < -0.39 is 7.92 Å². The molecule has 0 unspecified atom stereocenters. The normalized spacial score (nSPS) is 15.9. The standard InChI is InChI=1S/C36H42N11OP/c1-45-22-23(21-40-45)26-19-29(31(48-2)20-30(26)47-17-15-46(16-18-47)24-7-5-6-8-24)42-36-43-34-25(11-12-39-34)35(44-36)41-28-10-9-27-32(33(28)49(3)4)38-14-13-37-27/h9-14,19-22,24H,5-8,15-18H2,1-4H3,(H3,39,41,42,43,44). The van der Waals surface area contributed by atoms with Crippen molar-refractivity contribution in [3.8, 4) is 16.9 Å². The Morgan fingerprint density at radius 2 is 1.76 bits per heavy atom. The number of anilines is 5. The van der Waals surface area contributed by atoms with Crippen molar-refractivity contribution in [2.75, 3.05) is 62.2 Å². The molecule has 2 aliphatic rings. The molecule has 1 saturated heterocycles. The number of aromatic nitrogens is 7. The maximum absolute atomic E-state index is 6.02. The fraction of sp³-hybridized carbons (Fsp3) is 0.361. The molecule has 2 aromatic carbocycles. The molecule has 1 aliphatic carbocycles. The predicted molar refractivity (Wildman–Crippen MR) is 200 cm³/mol. The second-order valence-electron chi connectivity index (χ2n) is 13.1. The van der Waals surface area contributed by atoms with E-state index in [0.717, 1.165) is 93.5 Å². The number of ether oxygens (including phenoxy) is 1. The lowest BCUT2D eigenvalue weighted by Gasteiger charge is -2.40. The number of benzene rings is 2. The van der Waals surface area contributed by atoms with E-state index >= 15 is 0 Å². The van der Waals surface area contributed by atoms with Crippen LogP contribution >= 0.6 is 7.92 Å². The molecule has 1 aliphatic heterocycles. The first-order chi connectivity index (χ1) is 23.9. The van der Waals surface area contributed by atoms with Gasteiger partial charge in [0.2, 0.25) is 5.95 Å². The number of fused-ring (bicyclic) bond motifs is 2. The van der Waals surface area contributed by atoms with E-state index in [9.17, 15) is 0 Å². The minimum Gasteiger partial charge on any atom is -0.494 e. The Kier molecular flexibility index (Phi) is 8.51. The van der Waals surface area contributed by atoms with Gasteiger partial charge in [0.25, 0.3) is 0 Å². The Hall–Kier alpha value is -4.80. The van der Waals surface area contributed by atoms with Gasteiger partial charge in [0.05, 0.1) is 35.4 Å². The lowest BCUT2D eigenvalue weighted by molar-refractivity contribution is 0.187. The van der Waals surface area contributed by atoms with Crippen LogP contribution in [0.1, 0.15) is 25.7 Å². The van der Waals surface area contributed by atoms with Crippen LogP contribution in [-0.4, -0.2) is 92.3 Å². The van der Waals surface area contributed by atoms with Gasteiger partial charge in [-0.25, -0.2) is 0 Å². The highest BCUT2D eigenvalue weighted by molar-refractivity contribution is 7.65. The van der Waals surface area contributed by atoms with E-state index in [4.69, 9.17) is 14.7 Å². The summed E-state index contributed by atoms with van der Waals surface area (Å²) in [4.78, 5) is 27.6. The van der Waals surface area contributed by atoms with Gasteiger partial charge >= 0.3 is 0 Å². The first kappa shape index (κ1) is 31.5. The zero-order valence-electron chi connectivity index (χ0n) is 28.4. The van der Waals surface area contributed by atoms with Crippen molar-refractivity contribution >= 4 is 64.1 Å². The van der Waals surface area contributed by atoms with Gasteiger partial charge in [-0.3, -0.25) is 19.5 Å². The lowest BCUT2D eigenvalue weighted by Crippen LogP contribution is -2.49. The summed E-state index contributed by atoms with van der Waals surface area (Å²) in [5, 5.41) is 13.7. The summed E-state index contributed by atoms with van der Waals surface area (Å²) >= 11 is 0. The van der Waals surface area contributed by atoms with Crippen LogP contribution in [0.2, 0.25) is 0 Å². The van der Waals surface area contributed by atoms with Crippen LogP contribution in [0.25, 0.3) is 33.2 Å². The van der Waals surface area contributed by atoms with Crippen LogP contribution in [0.4, 0.5) is 28.8 Å². The highest BCUT2D eigenvalue weighted by Crippen LogP contribution is 2.41. The molecule has 0 atom stereocenters. The van der Waals surface area contributed by atoms with Crippen molar-refractivity contribution in [1.82, 2.24) is 39.6 Å². The van der Waals surface area contributed by atoms with Crippen molar-refractivity contribution in [1.29, 1.82) is 0 Å². The number of methoxy groups -OCH3 is 1. The molecule has 12 nitrogen and oxygen atoms in total. The number of hydrogen-bond acceptors (Lipinski definition) is 10. The van der Waals surface area contributed by atoms with Crippen molar-refractivity contribution in [2.45, 2.75) is 31.7 Å². The highest BCUT2D eigenvalue weighted by atomic mass is 31.1. The second-order valence-corrected chi connectivity index (χ2v) is 15.3. The van der Waals surface area contributed by atoms with Gasteiger partial charge in [-0.1, -0.05) is 20.8 Å². The highest BCUT2D eigenvalue weighted by Gasteiger charge is 2.28. The third-order valence-electron chi connectivity index (χ3n) is 9.81. The van der Waals surface area contributed by atoms with Gasteiger partial charge in [0, 0.05) is 97.9 Å². The van der Waals surface area contributed by atoms with Gasteiger partial charge < -0.3 is 25.3 Å². The van der Waals surface area contributed by atoms with E-state index in [0.29, 0.717) is 11.8 Å². The lowest BCUT2D eigenvalue weighted by atomic mass is 10.0. The van der Waals surface area contributed by atoms with E-state index in [1.54, 1.807) is 19.5 Å². The molecule has 6 aromatic rings. The van der Waals surface area contributed by atoms with E-state index in [1.165, 1.54) is 25.7 Å². The first-order valence-electron chi connectivity index (χ1n) is 17.0. The molecule has 1 saturated carbocycles. The van der Waals surface area contributed by atoms with E-state index in [-0.39, 0.29) is 0 Å². The molecule has 0 amide bonds. The fourth-order valence-electron chi connectivity index (χ4n) is 7.40. The number of hydrogen-bond donors (Lipinski definition) is 3. The average molecular weight is 676 g/mol. The molecule has 5 heterocycles. The Bertz CT molecular complexity index is 2110. The van der Waals surface area contributed by atoms with E-state index in [2.05, 4.69) is 78.2 Å². The van der Waals surface area contributed by atoms with Crippen molar-refractivity contribution in [3.63, 3.8) is 0 Å². The average Bonchev–Trinajstić information content (AvgIpc) is 3.91. The number of nitrogens with zero attached hydrogens (tertiary/aromatic N) is 8. The summed E-state index contributed by atoms with van der Waals surface area (Å²) in [6.07, 6.45) is 14.7. The minimum atomic E-state index is -0.498. The molecule has 13 heteroatoms. The summed E-state index contributed by atoms with van der Waals surface area (Å²) < 4.78 is 7.87. The van der Waals surface area contributed by atoms with Crippen molar-refractivity contribution in [2.24, 2.45) is 7.05 Å². The Labute approximate surface area is 287 Å². The van der Waals surface area contributed by atoms with Crippen LogP contribution in [0.5, 0.6) is 5.75 Å². The number of piperazine rings is 1. The zero-order valence-corrected chi connectivity index (χ0v) is 29.3. The Balaban J connectivity index is 1.15. The van der Waals surface area contributed by atoms with Crippen LogP contribution < -0.4 is 25.6 Å². The number of nitrogens with one attached hydrogen (secondary N) is 3. The SMILES string of the molecule is COc1cc(N2CCN(C3CCCC3)CC2)c(-c2cnn(C)c2)cc1Nc1nc(Nc2ccc3nccnc3c2P(C)C)c2cc[nH]c2n1. The monoisotopic (exact) mass is 675 g/mol. The van der Waals surface area contributed by atoms with Gasteiger partial charge in [0.1, 0.15) is 17.2 Å². The van der Waals surface area contributed by atoms with Gasteiger partial charge in [-0.05, 0) is 50.4 Å². The molecule has 0 bridgehead atoms. The fourth-order valence-corrected chi connectivity index (χ4v) is 8.61. The molecular formula is C36H42N11OP. The van der Waals surface area contributed by atoms with Crippen LogP contribution in [-0.2, 0) is 7.05 Å². The molecular weight excluding hydrogens is 633 g/mol. The van der Waals surface area contributed by atoms with Crippen LogP contribution in [0.15, 0.2) is 61.3 Å². The van der Waals surface area contributed by atoms with Gasteiger partial charge in [-0.15, -0.1) is 0 Å². The summed E-state index contributed by atoms with van der Waals surface area (Å²) in [5.41, 5.74) is 7.54. The number of aryl methyl sites for hydroxylation is 1. The van der Waals surface area contributed by atoms with Crippen molar-refractivity contribution < 1.29 is 4.74 Å². The number of aromatic amines is 1. The maximum atomic E-state index is 6.02. The van der Waals surface area contributed by atoms with Gasteiger partial charge in [-0.2, -0.15) is 15.1 Å². The molecule has 2 fully saturated rings. The molecule has 0 radical (unpaired) electrons. The molecule has 49 heavy (non-hydrogen) atoms. The molecule has 252 valence electrons. The first-order valence-corrected chi connectivity index (χ1v) is 19.2. The van der Waals surface area contributed by atoms with Crippen LogP contribution in [0, 0.1) is 0 Å². The Morgan fingerprint density at radius 3 is 2.51 bits per heavy atom. The molecule has 4 aromatic heterocycles. The maximum Gasteiger partial charge on any atom is 0.231 e. The summed E-state index contributed by atoms with van der Waals surface area (Å²) in [7, 11) is 3.17. The Morgan fingerprint density at radius 1 is 0.939 bits per heavy atom. The number of rotatable bonds is 9. The quantitative estimate of drug-likeness (QED) is 0.152. The minimum absolute atomic E-state index is 0.447. The zero-order chi connectivity index (χ0) is 33.5. The molecule has 3 N–H and O–H groups in total. The van der Waals surface area contributed by atoms with Crippen LogP contribution in [0.3, 0.4) is 0 Å². The van der Waals surface area contributed by atoms with E-state index in [1.807, 2.05) is 36.3 Å². The largest absolute Gasteiger partial charge is 0.494 e. The molecule has 0 spiro atoms. The van der Waals surface area contributed by atoms with Gasteiger partial charge in [0.15, 0.2) is 0 Å². The third kappa shape index (κ3) is 6.15. The van der Waals surface area contributed by atoms with Crippen molar-refractivity contribution in [3.05, 3.63) is 61.3 Å². The summed E-state index contributed by atoms with van der Waals surface area (Å²) in [6.45, 7) is 8.55. The third-order valence-corrected chi connectivity index (χ3v) is 11.2. The smallest absolute Gasteiger partial charge is 0.231 e. The number of H-pyrrole nitrogens is 1. The summed E-state index contributed by atoms with van der Waals surface area (Å²) in [6, 6.07) is 11.1. The predicted octanol–water partition coefficient (Wildman–Crippen LogP) is 6.23.